The van der Waals surface area contributed by atoms with E-state index in [0.717, 1.165) is 10.8 Å². The van der Waals surface area contributed by atoms with E-state index in [1.165, 1.54) is 0 Å². The number of carbonyl (C=O) groups is 2. The number of rotatable bonds is 5. The molecule has 0 radical (unpaired) electrons. The first-order chi connectivity index (χ1) is 11.2. The van der Waals surface area contributed by atoms with Crippen molar-refractivity contribution < 1.29 is 14.7 Å². The van der Waals surface area contributed by atoms with Crippen LogP contribution in [0.15, 0.2) is 66.7 Å². The number of nitrogens with one attached hydrogen (secondary N) is 1. The van der Waals surface area contributed by atoms with Gasteiger partial charge < -0.3 is 10.4 Å². The first kappa shape index (κ1) is 14.8. The number of carboxylic acid groups (broad SMARTS) is 1. The number of anilines is 1. The van der Waals surface area contributed by atoms with Gasteiger partial charge in [-0.05, 0) is 22.9 Å². The topological polar surface area (TPSA) is 66.4 Å². The van der Waals surface area contributed by atoms with Crippen molar-refractivity contribution in [3.05, 3.63) is 77.9 Å². The zero-order valence-corrected chi connectivity index (χ0v) is 12.3. The standard InChI is InChI=1S/C19H15NO3/c21-18(22)12-20-17-11-4-3-9-16(17)19(23)15-10-5-7-13-6-1-2-8-14(13)15/h1-11,20H,12H2,(H,21,22). The van der Waals surface area contributed by atoms with E-state index in [0.29, 0.717) is 16.8 Å². The highest BCUT2D eigenvalue weighted by Crippen LogP contribution is 2.24. The van der Waals surface area contributed by atoms with E-state index in [-0.39, 0.29) is 12.3 Å². The van der Waals surface area contributed by atoms with Crippen molar-refractivity contribution in [3.8, 4) is 0 Å². The molecule has 0 atom stereocenters. The Bertz CT molecular complexity index is 881. The second-order valence-electron chi connectivity index (χ2n) is 5.15. The molecule has 0 aliphatic heterocycles. The van der Waals surface area contributed by atoms with Crippen LogP contribution < -0.4 is 5.32 Å². The number of ketones is 1. The Kier molecular flexibility index (Phi) is 4.06. The molecule has 4 heteroatoms. The molecule has 0 unspecified atom stereocenters. The van der Waals surface area contributed by atoms with Crippen LogP contribution in [0, 0.1) is 0 Å². The molecule has 0 spiro atoms. The molecule has 0 bridgehead atoms. The number of para-hydroxylation sites is 1. The fourth-order valence-electron chi connectivity index (χ4n) is 2.57. The van der Waals surface area contributed by atoms with Crippen molar-refractivity contribution in [2.24, 2.45) is 0 Å². The van der Waals surface area contributed by atoms with Gasteiger partial charge in [-0.15, -0.1) is 0 Å². The number of benzene rings is 3. The molecule has 2 N–H and O–H groups in total. The fraction of sp³-hybridized carbons (Fsp3) is 0.0526. The summed E-state index contributed by atoms with van der Waals surface area (Å²) in [4.78, 5) is 23.7. The van der Waals surface area contributed by atoms with Crippen LogP contribution in [0.4, 0.5) is 5.69 Å². The van der Waals surface area contributed by atoms with Crippen LogP contribution in [0.3, 0.4) is 0 Å². The molecule has 3 aromatic rings. The minimum atomic E-state index is -0.975. The predicted octanol–water partition coefficient (Wildman–Crippen LogP) is 3.57. The number of carbonyl (C=O) groups excluding carboxylic acids is 1. The van der Waals surface area contributed by atoms with Gasteiger partial charge in [0, 0.05) is 16.8 Å². The fourth-order valence-corrected chi connectivity index (χ4v) is 2.57. The van der Waals surface area contributed by atoms with Gasteiger partial charge in [-0.3, -0.25) is 9.59 Å². The monoisotopic (exact) mass is 305 g/mol. The molecule has 0 amide bonds. The largest absolute Gasteiger partial charge is 0.480 e. The van der Waals surface area contributed by atoms with Gasteiger partial charge in [0.2, 0.25) is 0 Å². The molecule has 0 saturated carbocycles. The molecule has 4 nitrogen and oxygen atoms in total. The van der Waals surface area contributed by atoms with Crippen LogP contribution in [0.1, 0.15) is 15.9 Å². The summed E-state index contributed by atoms with van der Waals surface area (Å²) >= 11 is 0. The maximum Gasteiger partial charge on any atom is 0.322 e. The average Bonchev–Trinajstić information content (AvgIpc) is 2.59. The zero-order valence-electron chi connectivity index (χ0n) is 12.3. The summed E-state index contributed by atoms with van der Waals surface area (Å²) < 4.78 is 0. The normalized spacial score (nSPS) is 10.4. The smallest absolute Gasteiger partial charge is 0.322 e. The van der Waals surface area contributed by atoms with Crippen molar-refractivity contribution in [2.45, 2.75) is 0 Å². The second-order valence-corrected chi connectivity index (χ2v) is 5.15. The maximum atomic E-state index is 12.9. The molecule has 3 aromatic carbocycles. The molecular formula is C19H15NO3. The van der Waals surface area contributed by atoms with E-state index < -0.39 is 5.97 Å². The predicted molar refractivity (Wildman–Crippen MR) is 89.9 cm³/mol. The molecule has 114 valence electrons. The second kappa shape index (κ2) is 6.32. The lowest BCUT2D eigenvalue weighted by molar-refractivity contribution is -0.134. The van der Waals surface area contributed by atoms with Gasteiger partial charge in [0.15, 0.2) is 5.78 Å². The lowest BCUT2D eigenvalue weighted by Crippen LogP contribution is -2.15. The Morgan fingerprint density at radius 2 is 1.48 bits per heavy atom. The summed E-state index contributed by atoms with van der Waals surface area (Å²) in [5.41, 5.74) is 1.59. The molecule has 0 saturated heterocycles. The summed E-state index contributed by atoms with van der Waals surface area (Å²) in [6.07, 6.45) is 0. The lowest BCUT2D eigenvalue weighted by Gasteiger charge is -2.11. The highest BCUT2D eigenvalue weighted by Gasteiger charge is 2.16. The Morgan fingerprint density at radius 1 is 0.826 bits per heavy atom. The van der Waals surface area contributed by atoms with E-state index in [1.54, 1.807) is 30.3 Å². The van der Waals surface area contributed by atoms with Gasteiger partial charge in [0.25, 0.3) is 0 Å². The molecule has 0 aromatic heterocycles. The SMILES string of the molecule is O=C(O)CNc1ccccc1C(=O)c1cccc2ccccc12. The Labute approximate surface area is 133 Å². The van der Waals surface area contributed by atoms with Crippen LogP contribution in [-0.2, 0) is 4.79 Å². The zero-order chi connectivity index (χ0) is 16.2. The van der Waals surface area contributed by atoms with Crippen molar-refractivity contribution in [2.75, 3.05) is 11.9 Å². The highest BCUT2D eigenvalue weighted by molar-refractivity contribution is 6.18. The first-order valence-electron chi connectivity index (χ1n) is 7.24. The van der Waals surface area contributed by atoms with Crippen LogP contribution >= 0.6 is 0 Å². The molecule has 3 rings (SSSR count). The summed E-state index contributed by atoms with van der Waals surface area (Å²) in [6.45, 7) is -0.236. The number of hydrogen-bond acceptors (Lipinski definition) is 3. The number of fused-ring (bicyclic) bond motifs is 1. The minimum Gasteiger partial charge on any atom is -0.480 e. The highest BCUT2D eigenvalue weighted by atomic mass is 16.4. The van der Waals surface area contributed by atoms with E-state index in [9.17, 15) is 9.59 Å². The van der Waals surface area contributed by atoms with Gasteiger partial charge in [-0.1, -0.05) is 54.6 Å². The average molecular weight is 305 g/mol. The van der Waals surface area contributed by atoms with Crippen LogP contribution in [0.25, 0.3) is 10.8 Å². The van der Waals surface area contributed by atoms with Crippen molar-refractivity contribution in [1.82, 2.24) is 0 Å². The Balaban J connectivity index is 2.04. The van der Waals surface area contributed by atoms with Gasteiger partial charge in [-0.2, -0.15) is 0 Å². The Morgan fingerprint density at radius 3 is 2.30 bits per heavy atom. The third-order valence-electron chi connectivity index (χ3n) is 3.64. The summed E-state index contributed by atoms with van der Waals surface area (Å²) in [5.74, 6) is -1.10. The van der Waals surface area contributed by atoms with Gasteiger partial charge >= 0.3 is 5.97 Å². The van der Waals surface area contributed by atoms with Crippen molar-refractivity contribution >= 4 is 28.2 Å². The maximum absolute atomic E-state index is 12.9. The van der Waals surface area contributed by atoms with Crippen molar-refractivity contribution in [3.63, 3.8) is 0 Å². The molecular weight excluding hydrogens is 290 g/mol. The molecule has 0 fully saturated rings. The van der Waals surface area contributed by atoms with Crippen LogP contribution in [-0.4, -0.2) is 23.4 Å². The van der Waals surface area contributed by atoms with Gasteiger partial charge in [-0.25, -0.2) is 0 Å². The number of aliphatic carboxylic acids is 1. The number of carboxylic acids is 1. The summed E-state index contributed by atoms with van der Waals surface area (Å²) in [6, 6.07) is 20.2. The Hall–Kier alpha value is -3.14. The summed E-state index contributed by atoms with van der Waals surface area (Å²) in [7, 11) is 0. The van der Waals surface area contributed by atoms with E-state index in [1.807, 2.05) is 36.4 Å². The molecule has 0 aliphatic rings. The molecule has 23 heavy (non-hydrogen) atoms. The van der Waals surface area contributed by atoms with E-state index in [2.05, 4.69) is 5.32 Å². The number of hydrogen-bond donors (Lipinski definition) is 2. The third-order valence-corrected chi connectivity index (χ3v) is 3.64. The van der Waals surface area contributed by atoms with Gasteiger partial charge in [0.05, 0.1) is 0 Å². The van der Waals surface area contributed by atoms with Crippen molar-refractivity contribution in [1.29, 1.82) is 0 Å². The first-order valence-corrected chi connectivity index (χ1v) is 7.24. The van der Waals surface area contributed by atoms with E-state index in [4.69, 9.17) is 5.11 Å². The molecule has 0 aliphatic carbocycles. The summed E-state index contributed by atoms with van der Waals surface area (Å²) in [5, 5.41) is 13.5. The third kappa shape index (κ3) is 3.06. The lowest BCUT2D eigenvalue weighted by atomic mass is 9.96. The molecule has 0 heterocycles. The minimum absolute atomic E-state index is 0.129. The van der Waals surface area contributed by atoms with E-state index >= 15 is 0 Å². The van der Waals surface area contributed by atoms with Gasteiger partial charge in [0.1, 0.15) is 6.54 Å². The van der Waals surface area contributed by atoms with Crippen LogP contribution in [0.2, 0.25) is 0 Å². The van der Waals surface area contributed by atoms with Crippen LogP contribution in [0.5, 0.6) is 0 Å². The quantitative estimate of drug-likeness (QED) is 0.707.